The van der Waals surface area contributed by atoms with Gasteiger partial charge in [0, 0.05) is 29.1 Å². The Morgan fingerprint density at radius 2 is 2.20 bits per heavy atom. The van der Waals surface area contributed by atoms with Crippen molar-refractivity contribution in [3.05, 3.63) is 35.5 Å². The first-order valence-electron chi connectivity index (χ1n) is 7.28. The van der Waals surface area contributed by atoms with Crippen molar-refractivity contribution in [2.24, 2.45) is 12.0 Å². The Balaban J connectivity index is 2.14. The molecule has 0 fully saturated rings. The summed E-state index contributed by atoms with van der Waals surface area (Å²) in [6.45, 7) is 2.88. The molecule has 3 nitrogen and oxygen atoms in total. The van der Waals surface area contributed by atoms with Crippen LogP contribution in [-0.2, 0) is 23.7 Å². The lowest BCUT2D eigenvalue weighted by molar-refractivity contribution is 0.354. The summed E-state index contributed by atoms with van der Waals surface area (Å²) in [5.74, 6) is 0. The molecule has 1 atom stereocenters. The van der Waals surface area contributed by atoms with E-state index in [1.165, 1.54) is 35.0 Å². The van der Waals surface area contributed by atoms with Crippen molar-refractivity contribution in [3.63, 3.8) is 0 Å². The third-order valence-electron chi connectivity index (χ3n) is 4.78. The molecule has 1 aromatic carbocycles. The molecule has 1 heterocycles. The van der Waals surface area contributed by atoms with E-state index in [-0.39, 0.29) is 5.41 Å². The summed E-state index contributed by atoms with van der Waals surface area (Å²) in [6.07, 6.45) is 6.11. The van der Waals surface area contributed by atoms with Gasteiger partial charge in [-0.05, 0) is 37.3 Å². The second kappa shape index (κ2) is 4.92. The van der Waals surface area contributed by atoms with E-state index in [9.17, 15) is 4.79 Å². The lowest BCUT2D eigenvalue weighted by Crippen LogP contribution is -2.30. The summed E-state index contributed by atoms with van der Waals surface area (Å²) in [5, 5.41) is 1.38. The van der Waals surface area contributed by atoms with Crippen molar-refractivity contribution in [2.45, 2.75) is 38.0 Å². The molecule has 104 valence electrons. The average molecular weight is 268 g/mol. The van der Waals surface area contributed by atoms with Gasteiger partial charge >= 0.3 is 0 Å². The number of aryl methyl sites for hydroxylation is 2. The Hall–Kier alpha value is -1.86. The molecule has 0 N–H and O–H groups in total. The molecule has 1 unspecified atom stereocenters. The van der Waals surface area contributed by atoms with E-state index in [4.69, 9.17) is 0 Å². The van der Waals surface area contributed by atoms with Gasteiger partial charge in [-0.1, -0.05) is 25.1 Å². The zero-order chi connectivity index (χ0) is 14.2. The highest BCUT2D eigenvalue weighted by atomic mass is 16.1. The van der Waals surface area contributed by atoms with Crippen LogP contribution in [-0.4, -0.2) is 17.2 Å². The fraction of sp³-hybridized carbons (Fsp3) is 0.471. The van der Waals surface area contributed by atoms with Crippen LogP contribution in [0.2, 0.25) is 0 Å². The maximum atomic E-state index is 10.3. The molecule has 1 aromatic heterocycles. The number of benzene rings is 1. The van der Waals surface area contributed by atoms with Crippen LogP contribution in [0, 0.1) is 0 Å². The number of rotatable bonds is 3. The van der Waals surface area contributed by atoms with E-state index in [1.54, 1.807) is 6.08 Å². The van der Waals surface area contributed by atoms with Crippen LogP contribution in [0.5, 0.6) is 0 Å². The molecule has 0 aliphatic heterocycles. The van der Waals surface area contributed by atoms with Gasteiger partial charge in [0.1, 0.15) is 0 Å². The number of aromatic nitrogens is 1. The van der Waals surface area contributed by atoms with Gasteiger partial charge in [-0.2, -0.15) is 0 Å². The van der Waals surface area contributed by atoms with E-state index in [0.717, 1.165) is 12.8 Å². The van der Waals surface area contributed by atoms with Crippen LogP contribution in [0.3, 0.4) is 0 Å². The van der Waals surface area contributed by atoms with Crippen molar-refractivity contribution >= 4 is 17.0 Å². The Kier molecular flexibility index (Phi) is 3.23. The predicted molar refractivity (Wildman–Crippen MR) is 80.8 cm³/mol. The second-order valence-electron chi connectivity index (χ2n) is 6.04. The summed E-state index contributed by atoms with van der Waals surface area (Å²) in [7, 11) is 2.16. The molecule has 0 saturated carbocycles. The van der Waals surface area contributed by atoms with Crippen LogP contribution >= 0.6 is 0 Å². The van der Waals surface area contributed by atoms with Crippen LogP contribution < -0.4 is 0 Å². The predicted octanol–water partition coefficient (Wildman–Crippen LogP) is 3.50. The molecule has 1 aliphatic rings. The van der Waals surface area contributed by atoms with Gasteiger partial charge in [-0.25, -0.2) is 9.79 Å². The SMILES string of the molecule is Cn1c2c(c3ccccc31)CCCC2(C)CCN=C=O. The maximum absolute atomic E-state index is 10.3. The van der Waals surface area contributed by atoms with E-state index >= 15 is 0 Å². The smallest absolute Gasteiger partial charge is 0.234 e. The number of fused-ring (bicyclic) bond motifs is 3. The second-order valence-corrected chi connectivity index (χ2v) is 6.04. The van der Waals surface area contributed by atoms with Gasteiger partial charge < -0.3 is 4.57 Å². The topological polar surface area (TPSA) is 34.4 Å². The Morgan fingerprint density at radius 3 is 3.00 bits per heavy atom. The third-order valence-corrected chi connectivity index (χ3v) is 4.78. The number of aliphatic imine (C=N–C) groups is 1. The quantitative estimate of drug-likeness (QED) is 0.619. The fourth-order valence-electron chi connectivity index (χ4n) is 3.86. The van der Waals surface area contributed by atoms with Crippen molar-refractivity contribution in [1.82, 2.24) is 4.57 Å². The zero-order valence-electron chi connectivity index (χ0n) is 12.1. The minimum Gasteiger partial charge on any atom is -0.347 e. The van der Waals surface area contributed by atoms with E-state index in [1.807, 2.05) is 0 Å². The third kappa shape index (κ3) is 1.90. The number of isocyanates is 1. The van der Waals surface area contributed by atoms with E-state index < -0.39 is 0 Å². The van der Waals surface area contributed by atoms with Gasteiger partial charge in [0.15, 0.2) is 0 Å². The molecule has 0 radical (unpaired) electrons. The van der Waals surface area contributed by atoms with E-state index in [0.29, 0.717) is 6.54 Å². The lowest BCUT2D eigenvalue weighted by Gasteiger charge is -2.35. The van der Waals surface area contributed by atoms with Gasteiger partial charge in [-0.3, -0.25) is 0 Å². The molecule has 2 aromatic rings. The molecule has 3 heteroatoms. The molecule has 0 spiro atoms. The van der Waals surface area contributed by atoms with Crippen molar-refractivity contribution < 1.29 is 4.79 Å². The molecule has 20 heavy (non-hydrogen) atoms. The summed E-state index contributed by atoms with van der Waals surface area (Å²) in [5.41, 5.74) is 4.35. The molecule has 1 aliphatic carbocycles. The Bertz CT molecular complexity index is 694. The van der Waals surface area contributed by atoms with Crippen LogP contribution in [0.1, 0.15) is 37.4 Å². The van der Waals surface area contributed by atoms with Crippen molar-refractivity contribution in [2.75, 3.05) is 6.54 Å². The zero-order valence-corrected chi connectivity index (χ0v) is 12.1. The summed E-state index contributed by atoms with van der Waals surface area (Å²) < 4.78 is 2.34. The first-order chi connectivity index (χ1) is 9.67. The standard InChI is InChI=1S/C17H20N2O/c1-17(10-11-18-12-20)9-5-7-14-13-6-3-4-8-15(13)19(2)16(14)17/h3-4,6,8H,5,7,9-11H2,1-2H3. The van der Waals surface area contributed by atoms with Crippen molar-refractivity contribution in [1.29, 1.82) is 0 Å². The highest BCUT2D eigenvalue weighted by Gasteiger charge is 2.35. The first kappa shape index (κ1) is 13.1. The number of para-hydroxylation sites is 1. The highest BCUT2D eigenvalue weighted by Crippen LogP contribution is 2.43. The molecule has 0 saturated heterocycles. The number of hydrogen-bond donors (Lipinski definition) is 0. The Labute approximate surface area is 119 Å². The first-order valence-corrected chi connectivity index (χ1v) is 7.28. The lowest BCUT2D eigenvalue weighted by atomic mass is 9.72. The highest BCUT2D eigenvalue weighted by molar-refractivity contribution is 5.86. The molecule has 3 rings (SSSR count). The number of nitrogens with zero attached hydrogens (tertiary/aromatic N) is 2. The maximum Gasteiger partial charge on any atom is 0.234 e. The van der Waals surface area contributed by atoms with Gasteiger partial charge in [-0.15, -0.1) is 0 Å². The fourth-order valence-corrected chi connectivity index (χ4v) is 3.86. The molecular weight excluding hydrogens is 248 g/mol. The van der Waals surface area contributed by atoms with Crippen molar-refractivity contribution in [3.8, 4) is 0 Å². The molecule has 0 amide bonds. The van der Waals surface area contributed by atoms with Gasteiger partial charge in [0.25, 0.3) is 0 Å². The van der Waals surface area contributed by atoms with Gasteiger partial charge in [0.05, 0.1) is 6.54 Å². The number of hydrogen-bond acceptors (Lipinski definition) is 2. The molecular formula is C17H20N2O. The largest absolute Gasteiger partial charge is 0.347 e. The van der Waals surface area contributed by atoms with Gasteiger partial charge in [0.2, 0.25) is 6.08 Å². The monoisotopic (exact) mass is 268 g/mol. The normalized spacial score (nSPS) is 21.5. The Morgan fingerprint density at radius 1 is 1.40 bits per heavy atom. The minimum absolute atomic E-state index is 0.113. The summed E-state index contributed by atoms with van der Waals surface area (Å²) in [4.78, 5) is 14.1. The average Bonchev–Trinajstić information content (AvgIpc) is 2.75. The summed E-state index contributed by atoms with van der Waals surface area (Å²) in [6, 6.07) is 8.63. The molecule has 0 bridgehead atoms. The minimum atomic E-state index is 0.113. The van der Waals surface area contributed by atoms with E-state index in [2.05, 4.69) is 47.8 Å². The van der Waals surface area contributed by atoms with Crippen LogP contribution in [0.25, 0.3) is 10.9 Å². The summed E-state index contributed by atoms with van der Waals surface area (Å²) >= 11 is 0. The van der Waals surface area contributed by atoms with Crippen LogP contribution in [0.4, 0.5) is 0 Å². The van der Waals surface area contributed by atoms with Crippen LogP contribution in [0.15, 0.2) is 29.3 Å². The number of carbonyl (C=O) groups excluding carboxylic acids is 1.